The number of anilines is 1. The van der Waals surface area contributed by atoms with E-state index in [1.807, 2.05) is 6.07 Å². The number of nitrogens with one attached hydrogen (secondary N) is 1. The van der Waals surface area contributed by atoms with E-state index < -0.39 is 0 Å². The maximum absolute atomic E-state index is 5.23. The van der Waals surface area contributed by atoms with Gasteiger partial charge in [0, 0.05) is 32.0 Å². The fourth-order valence-electron chi connectivity index (χ4n) is 2.27. The fraction of sp³-hybridized carbons (Fsp3) is 0.538. The largest absolute Gasteiger partial charge is 0.497 e. The third-order valence-electron chi connectivity index (χ3n) is 3.18. The zero-order valence-electron chi connectivity index (χ0n) is 9.95. The molecule has 1 aliphatic rings. The number of hydrogen-bond acceptors (Lipinski definition) is 3. The molecule has 0 aliphatic carbocycles. The molecule has 1 atom stereocenters. The number of fused-ring (bicyclic) bond motifs is 1. The number of rotatable bonds is 4. The van der Waals surface area contributed by atoms with Gasteiger partial charge in [-0.2, -0.15) is 0 Å². The smallest absolute Gasteiger partial charge is 0.120 e. The van der Waals surface area contributed by atoms with Gasteiger partial charge in [-0.15, -0.1) is 0 Å². The van der Waals surface area contributed by atoms with Crippen LogP contribution in [0.3, 0.4) is 0 Å². The van der Waals surface area contributed by atoms with Crippen LogP contribution in [0, 0.1) is 0 Å². The van der Waals surface area contributed by atoms with Crippen molar-refractivity contribution in [3.8, 4) is 5.75 Å². The molecule has 0 saturated carbocycles. The van der Waals surface area contributed by atoms with Crippen LogP contribution in [0.5, 0.6) is 5.75 Å². The topological polar surface area (TPSA) is 30.5 Å². The highest BCUT2D eigenvalue weighted by Gasteiger charge is 2.19. The van der Waals surface area contributed by atoms with Crippen molar-refractivity contribution in [2.24, 2.45) is 0 Å². The van der Waals surface area contributed by atoms with Crippen LogP contribution in [-0.4, -0.2) is 27.4 Å². The molecule has 0 radical (unpaired) electrons. The summed E-state index contributed by atoms with van der Waals surface area (Å²) in [5, 5.41) is 3.42. The van der Waals surface area contributed by atoms with Crippen LogP contribution < -0.4 is 10.1 Å². The van der Waals surface area contributed by atoms with Gasteiger partial charge >= 0.3 is 0 Å². The Bertz CT molecular complexity index is 352. The standard InChI is InChI=1S/C13H19NO2/c1-15-8-6-10-5-7-14-13-9-11(16-2)3-4-12(10)13/h3-4,9-10,14H,5-8H2,1-2H3. The molecule has 0 fully saturated rings. The lowest BCUT2D eigenvalue weighted by Gasteiger charge is -2.26. The minimum atomic E-state index is 0.613. The first-order chi connectivity index (χ1) is 7.85. The molecule has 3 heteroatoms. The van der Waals surface area contributed by atoms with Crippen LogP contribution in [0.15, 0.2) is 18.2 Å². The Morgan fingerprint density at radius 3 is 3.00 bits per heavy atom. The second-order valence-corrected chi connectivity index (χ2v) is 4.15. The Hall–Kier alpha value is -1.22. The average Bonchev–Trinajstić information content (AvgIpc) is 2.35. The fourth-order valence-corrected chi connectivity index (χ4v) is 2.27. The van der Waals surface area contributed by atoms with E-state index >= 15 is 0 Å². The molecule has 0 spiro atoms. The molecule has 1 aromatic rings. The minimum Gasteiger partial charge on any atom is -0.497 e. The highest BCUT2D eigenvalue weighted by Crippen LogP contribution is 2.35. The Morgan fingerprint density at radius 1 is 1.38 bits per heavy atom. The van der Waals surface area contributed by atoms with Crippen molar-refractivity contribution in [1.29, 1.82) is 0 Å². The summed E-state index contributed by atoms with van der Waals surface area (Å²) in [6.45, 7) is 1.87. The van der Waals surface area contributed by atoms with Crippen molar-refractivity contribution in [2.45, 2.75) is 18.8 Å². The van der Waals surface area contributed by atoms with E-state index in [-0.39, 0.29) is 0 Å². The molecule has 1 aliphatic heterocycles. The molecule has 1 aromatic carbocycles. The summed E-state index contributed by atoms with van der Waals surface area (Å²) in [5.41, 5.74) is 2.61. The van der Waals surface area contributed by atoms with Crippen LogP contribution >= 0.6 is 0 Å². The molecule has 16 heavy (non-hydrogen) atoms. The molecule has 0 bridgehead atoms. The maximum Gasteiger partial charge on any atom is 0.120 e. The van der Waals surface area contributed by atoms with E-state index in [0.717, 1.165) is 25.3 Å². The van der Waals surface area contributed by atoms with Crippen molar-refractivity contribution in [2.75, 3.05) is 32.7 Å². The molecule has 0 aromatic heterocycles. The highest BCUT2D eigenvalue weighted by molar-refractivity contribution is 5.58. The molecule has 1 unspecified atom stereocenters. The summed E-state index contributed by atoms with van der Waals surface area (Å²) < 4.78 is 10.4. The molecule has 0 amide bonds. The second-order valence-electron chi connectivity index (χ2n) is 4.15. The van der Waals surface area contributed by atoms with E-state index in [1.165, 1.54) is 17.7 Å². The van der Waals surface area contributed by atoms with Gasteiger partial charge < -0.3 is 14.8 Å². The van der Waals surface area contributed by atoms with Gasteiger partial charge in [0.1, 0.15) is 5.75 Å². The third-order valence-corrected chi connectivity index (χ3v) is 3.18. The minimum absolute atomic E-state index is 0.613. The zero-order valence-corrected chi connectivity index (χ0v) is 9.95. The highest BCUT2D eigenvalue weighted by atomic mass is 16.5. The zero-order chi connectivity index (χ0) is 11.4. The number of hydrogen-bond donors (Lipinski definition) is 1. The lowest BCUT2D eigenvalue weighted by Crippen LogP contribution is -2.17. The van der Waals surface area contributed by atoms with Crippen LogP contribution in [0.4, 0.5) is 5.69 Å². The normalized spacial score (nSPS) is 18.8. The number of ether oxygens (including phenoxy) is 2. The van der Waals surface area contributed by atoms with E-state index in [4.69, 9.17) is 9.47 Å². The quantitative estimate of drug-likeness (QED) is 0.847. The average molecular weight is 221 g/mol. The monoisotopic (exact) mass is 221 g/mol. The van der Waals surface area contributed by atoms with E-state index in [0.29, 0.717) is 5.92 Å². The summed E-state index contributed by atoms with van der Waals surface area (Å²) in [4.78, 5) is 0. The van der Waals surface area contributed by atoms with Gasteiger partial charge in [-0.25, -0.2) is 0 Å². The lowest BCUT2D eigenvalue weighted by molar-refractivity contribution is 0.186. The molecular formula is C13H19NO2. The summed E-state index contributed by atoms with van der Waals surface area (Å²) in [6.07, 6.45) is 2.28. The van der Waals surface area contributed by atoms with Gasteiger partial charge in [0.2, 0.25) is 0 Å². The lowest BCUT2D eigenvalue weighted by atomic mass is 9.88. The first-order valence-corrected chi connectivity index (χ1v) is 5.76. The summed E-state index contributed by atoms with van der Waals surface area (Å²) >= 11 is 0. The van der Waals surface area contributed by atoms with Crippen molar-refractivity contribution in [3.63, 3.8) is 0 Å². The van der Waals surface area contributed by atoms with Crippen LogP contribution in [0.1, 0.15) is 24.3 Å². The SMILES string of the molecule is COCCC1CCNc2cc(OC)ccc21. The van der Waals surface area contributed by atoms with Crippen molar-refractivity contribution in [1.82, 2.24) is 0 Å². The Kier molecular flexibility index (Phi) is 3.67. The first kappa shape index (κ1) is 11.3. The van der Waals surface area contributed by atoms with Crippen molar-refractivity contribution >= 4 is 5.69 Å². The maximum atomic E-state index is 5.23. The molecule has 2 rings (SSSR count). The summed E-state index contributed by atoms with van der Waals surface area (Å²) in [7, 11) is 3.46. The van der Waals surface area contributed by atoms with Gasteiger partial charge in [0.15, 0.2) is 0 Å². The van der Waals surface area contributed by atoms with Crippen LogP contribution in [0.2, 0.25) is 0 Å². The molecule has 1 heterocycles. The predicted molar refractivity (Wildman–Crippen MR) is 65.3 cm³/mol. The third kappa shape index (κ3) is 2.30. The molecule has 88 valence electrons. The van der Waals surface area contributed by atoms with E-state index in [2.05, 4.69) is 17.4 Å². The van der Waals surface area contributed by atoms with Crippen LogP contribution in [0.25, 0.3) is 0 Å². The predicted octanol–water partition coefficient (Wildman–Crippen LogP) is 2.63. The Labute approximate surface area is 96.8 Å². The van der Waals surface area contributed by atoms with Gasteiger partial charge in [0.05, 0.1) is 7.11 Å². The van der Waals surface area contributed by atoms with Gasteiger partial charge in [-0.3, -0.25) is 0 Å². The van der Waals surface area contributed by atoms with Gasteiger partial charge in [-0.05, 0) is 30.4 Å². The van der Waals surface area contributed by atoms with Crippen LogP contribution in [-0.2, 0) is 4.74 Å². The molecule has 3 nitrogen and oxygen atoms in total. The molecular weight excluding hydrogens is 202 g/mol. The summed E-state index contributed by atoms with van der Waals surface area (Å²) in [5.74, 6) is 1.53. The number of methoxy groups -OCH3 is 2. The number of benzene rings is 1. The summed E-state index contributed by atoms with van der Waals surface area (Å²) in [6, 6.07) is 6.28. The Morgan fingerprint density at radius 2 is 2.25 bits per heavy atom. The van der Waals surface area contributed by atoms with Crippen molar-refractivity contribution < 1.29 is 9.47 Å². The van der Waals surface area contributed by atoms with E-state index in [1.54, 1.807) is 14.2 Å². The van der Waals surface area contributed by atoms with Gasteiger partial charge in [-0.1, -0.05) is 6.07 Å². The Balaban J connectivity index is 2.18. The first-order valence-electron chi connectivity index (χ1n) is 5.76. The van der Waals surface area contributed by atoms with E-state index in [9.17, 15) is 0 Å². The second kappa shape index (κ2) is 5.21. The molecule has 0 saturated heterocycles. The van der Waals surface area contributed by atoms with Gasteiger partial charge in [0.25, 0.3) is 0 Å². The molecule has 1 N–H and O–H groups in total. The van der Waals surface area contributed by atoms with Crippen molar-refractivity contribution in [3.05, 3.63) is 23.8 Å².